The number of aromatic nitrogens is 2. The smallest absolute Gasteiger partial charge is 0.336 e. The molecule has 102 valence electrons. The Labute approximate surface area is 114 Å². The summed E-state index contributed by atoms with van der Waals surface area (Å²) in [6, 6.07) is 4.98. The number of benzene rings is 1. The second-order valence-corrected chi connectivity index (χ2v) is 4.70. The van der Waals surface area contributed by atoms with Gasteiger partial charge in [0.25, 0.3) is 0 Å². The number of phenols is 1. The molecule has 0 saturated heterocycles. The van der Waals surface area contributed by atoms with Gasteiger partial charge in [-0.25, -0.2) is 4.79 Å². The molecule has 3 aromatic rings. The number of aromatic amines is 1. The average Bonchev–Trinajstić information content (AvgIpc) is 2.90. The maximum absolute atomic E-state index is 11.5. The van der Waals surface area contributed by atoms with E-state index in [0.29, 0.717) is 23.0 Å². The van der Waals surface area contributed by atoms with Crippen LogP contribution in [-0.4, -0.2) is 15.3 Å². The Hall–Kier alpha value is -2.56. The van der Waals surface area contributed by atoms with Crippen LogP contribution in [0.25, 0.3) is 22.2 Å². The molecular weight excluding hydrogens is 256 g/mol. The first-order chi connectivity index (χ1) is 9.61. The zero-order chi connectivity index (χ0) is 14.3. The summed E-state index contributed by atoms with van der Waals surface area (Å²) >= 11 is 0. The average molecular weight is 270 g/mol. The lowest BCUT2D eigenvalue weighted by atomic mass is 9.98. The highest BCUT2D eigenvalue weighted by Crippen LogP contribution is 2.39. The van der Waals surface area contributed by atoms with Gasteiger partial charge in [0.2, 0.25) is 0 Å². The summed E-state index contributed by atoms with van der Waals surface area (Å²) < 4.78 is 5.20. The summed E-state index contributed by atoms with van der Waals surface area (Å²) in [5.41, 5.74) is 3.01. The van der Waals surface area contributed by atoms with E-state index in [2.05, 4.69) is 10.2 Å². The highest BCUT2D eigenvalue weighted by Gasteiger charge is 2.17. The molecule has 20 heavy (non-hydrogen) atoms. The molecule has 3 rings (SSSR count). The molecule has 0 fully saturated rings. The Balaban J connectivity index is 2.45. The predicted octanol–water partition coefficient (Wildman–Crippen LogP) is 2.76. The van der Waals surface area contributed by atoms with Gasteiger partial charge in [-0.2, -0.15) is 5.10 Å². The number of phenolic OH excluding ortho intramolecular Hbond substituents is 1. The number of fused-ring (bicyclic) bond motifs is 1. The third-order valence-electron chi connectivity index (χ3n) is 3.44. The standard InChI is InChI=1S/C15H14N2O3/c1-3-9-7-12(18)20-11-6-8(2)13(15(19)14(9)11)10-4-5-16-17-10/h4-7,19H,3H2,1-2H3,(H,16,17). The highest BCUT2D eigenvalue weighted by molar-refractivity contribution is 5.94. The van der Waals surface area contributed by atoms with E-state index < -0.39 is 5.63 Å². The van der Waals surface area contributed by atoms with Gasteiger partial charge in [0.15, 0.2) is 0 Å². The zero-order valence-electron chi connectivity index (χ0n) is 11.2. The Morgan fingerprint density at radius 1 is 1.40 bits per heavy atom. The second-order valence-electron chi connectivity index (χ2n) is 4.70. The molecule has 0 amide bonds. The van der Waals surface area contributed by atoms with Crippen LogP contribution in [0.5, 0.6) is 5.75 Å². The van der Waals surface area contributed by atoms with Crippen molar-refractivity contribution in [3.8, 4) is 17.0 Å². The van der Waals surface area contributed by atoms with Crippen molar-refractivity contribution in [3.05, 3.63) is 45.9 Å². The van der Waals surface area contributed by atoms with Crippen LogP contribution >= 0.6 is 0 Å². The second kappa shape index (κ2) is 4.52. The molecule has 2 N–H and O–H groups in total. The fourth-order valence-corrected chi connectivity index (χ4v) is 2.53. The van der Waals surface area contributed by atoms with Gasteiger partial charge in [0.05, 0.1) is 11.1 Å². The van der Waals surface area contributed by atoms with Crippen LogP contribution in [0.4, 0.5) is 0 Å². The molecule has 0 saturated carbocycles. The van der Waals surface area contributed by atoms with Crippen LogP contribution in [0.15, 0.2) is 33.6 Å². The molecule has 0 bridgehead atoms. The number of nitrogens with one attached hydrogen (secondary N) is 1. The first-order valence-corrected chi connectivity index (χ1v) is 6.41. The fraction of sp³-hybridized carbons (Fsp3) is 0.200. The molecule has 0 aliphatic rings. The molecule has 2 aromatic heterocycles. The monoisotopic (exact) mass is 270 g/mol. The summed E-state index contributed by atoms with van der Waals surface area (Å²) in [7, 11) is 0. The van der Waals surface area contributed by atoms with Crippen LogP contribution in [0.2, 0.25) is 0 Å². The van der Waals surface area contributed by atoms with E-state index in [9.17, 15) is 9.90 Å². The van der Waals surface area contributed by atoms with Gasteiger partial charge < -0.3 is 9.52 Å². The van der Waals surface area contributed by atoms with Crippen LogP contribution < -0.4 is 5.63 Å². The Morgan fingerprint density at radius 2 is 2.20 bits per heavy atom. The lowest BCUT2D eigenvalue weighted by Crippen LogP contribution is -2.01. The normalized spacial score (nSPS) is 11.1. The topological polar surface area (TPSA) is 79.1 Å². The third-order valence-corrected chi connectivity index (χ3v) is 3.44. The quantitative estimate of drug-likeness (QED) is 0.702. The maximum Gasteiger partial charge on any atom is 0.336 e. The Kier molecular flexibility index (Phi) is 2.82. The molecule has 0 radical (unpaired) electrons. The van der Waals surface area contributed by atoms with E-state index in [1.54, 1.807) is 18.3 Å². The molecule has 0 spiro atoms. The van der Waals surface area contributed by atoms with E-state index in [-0.39, 0.29) is 5.75 Å². The molecule has 0 atom stereocenters. The van der Waals surface area contributed by atoms with Gasteiger partial charge >= 0.3 is 5.63 Å². The van der Waals surface area contributed by atoms with Crippen molar-refractivity contribution in [2.45, 2.75) is 20.3 Å². The van der Waals surface area contributed by atoms with Crippen LogP contribution in [-0.2, 0) is 6.42 Å². The van der Waals surface area contributed by atoms with Crippen molar-refractivity contribution in [3.63, 3.8) is 0 Å². The first-order valence-electron chi connectivity index (χ1n) is 6.41. The van der Waals surface area contributed by atoms with E-state index in [4.69, 9.17) is 4.42 Å². The highest BCUT2D eigenvalue weighted by atomic mass is 16.4. The van der Waals surface area contributed by atoms with E-state index in [1.165, 1.54) is 6.07 Å². The van der Waals surface area contributed by atoms with Gasteiger partial charge in [-0.3, -0.25) is 5.10 Å². The number of hydrogen-bond donors (Lipinski definition) is 2. The lowest BCUT2D eigenvalue weighted by Gasteiger charge is -2.11. The van der Waals surface area contributed by atoms with E-state index >= 15 is 0 Å². The van der Waals surface area contributed by atoms with E-state index in [0.717, 1.165) is 16.8 Å². The summed E-state index contributed by atoms with van der Waals surface area (Å²) in [5, 5.41) is 17.9. The number of aryl methyl sites for hydroxylation is 2. The predicted molar refractivity (Wildman–Crippen MR) is 75.8 cm³/mol. The molecular formula is C15H14N2O3. The fourth-order valence-electron chi connectivity index (χ4n) is 2.53. The SMILES string of the molecule is CCc1cc(=O)oc2cc(C)c(-c3ccn[nH]3)c(O)c12. The molecule has 5 heteroatoms. The minimum atomic E-state index is -0.401. The number of H-pyrrole nitrogens is 1. The molecule has 1 aromatic carbocycles. The van der Waals surface area contributed by atoms with Gasteiger partial charge in [0, 0.05) is 17.8 Å². The van der Waals surface area contributed by atoms with Gasteiger partial charge in [-0.15, -0.1) is 0 Å². The van der Waals surface area contributed by atoms with Crippen molar-refractivity contribution in [1.29, 1.82) is 0 Å². The van der Waals surface area contributed by atoms with Crippen molar-refractivity contribution >= 4 is 11.0 Å². The Bertz CT molecular complexity index is 832. The molecule has 5 nitrogen and oxygen atoms in total. The third kappa shape index (κ3) is 1.79. The first kappa shape index (κ1) is 12.5. The summed E-state index contributed by atoms with van der Waals surface area (Å²) in [4.78, 5) is 11.5. The minimum absolute atomic E-state index is 0.116. The van der Waals surface area contributed by atoms with Crippen LogP contribution in [0.1, 0.15) is 18.1 Å². The molecule has 0 aliphatic heterocycles. The van der Waals surface area contributed by atoms with E-state index in [1.807, 2.05) is 13.8 Å². The summed E-state index contributed by atoms with van der Waals surface area (Å²) in [6.07, 6.45) is 2.27. The minimum Gasteiger partial charge on any atom is -0.506 e. The van der Waals surface area contributed by atoms with Crippen molar-refractivity contribution in [2.75, 3.05) is 0 Å². The van der Waals surface area contributed by atoms with Crippen LogP contribution in [0.3, 0.4) is 0 Å². The molecule has 0 unspecified atom stereocenters. The number of aromatic hydroxyl groups is 1. The van der Waals surface area contributed by atoms with Gasteiger partial charge in [-0.1, -0.05) is 6.92 Å². The van der Waals surface area contributed by atoms with Crippen LogP contribution in [0, 0.1) is 6.92 Å². The molecule has 0 aliphatic carbocycles. The van der Waals surface area contributed by atoms with Crippen molar-refractivity contribution in [2.24, 2.45) is 0 Å². The molecule has 2 heterocycles. The summed E-state index contributed by atoms with van der Waals surface area (Å²) in [5.74, 6) is 0.116. The zero-order valence-corrected chi connectivity index (χ0v) is 11.2. The van der Waals surface area contributed by atoms with Crippen molar-refractivity contribution in [1.82, 2.24) is 10.2 Å². The number of hydrogen-bond acceptors (Lipinski definition) is 4. The van der Waals surface area contributed by atoms with Crippen molar-refractivity contribution < 1.29 is 9.52 Å². The number of rotatable bonds is 2. The van der Waals surface area contributed by atoms with Gasteiger partial charge in [-0.05, 0) is 36.6 Å². The summed E-state index contributed by atoms with van der Waals surface area (Å²) in [6.45, 7) is 3.79. The maximum atomic E-state index is 11.5. The Morgan fingerprint density at radius 3 is 2.85 bits per heavy atom. The number of nitrogens with zero attached hydrogens (tertiary/aromatic N) is 1. The lowest BCUT2D eigenvalue weighted by molar-refractivity contribution is 0.479. The van der Waals surface area contributed by atoms with Gasteiger partial charge in [0.1, 0.15) is 11.3 Å². The largest absolute Gasteiger partial charge is 0.506 e.